The van der Waals surface area contributed by atoms with Crippen molar-refractivity contribution in [2.45, 2.75) is 13.3 Å². The van der Waals surface area contributed by atoms with Gasteiger partial charge in [0.2, 0.25) is 0 Å². The van der Waals surface area contributed by atoms with Crippen molar-refractivity contribution in [3.05, 3.63) is 33.9 Å². The number of H-pyrrole nitrogens is 1. The van der Waals surface area contributed by atoms with E-state index in [0.29, 0.717) is 6.54 Å². The van der Waals surface area contributed by atoms with E-state index in [1.165, 1.54) is 22.0 Å². The highest BCUT2D eigenvalue weighted by Crippen LogP contribution is 2.27. The first-order chi connectivity index (χ1) is 6.72. The molecule has 0 spiro atoms. The van der Waals surface area contributed by atoms with E-state index in [-0.39, 0.29) is 0 Å². The average Bonchev–Trinajstić information content (AvgIpc) is 2.49. The Balaban J connectivity index is 2.66. The van der Waals surface area contributed by atoms with Gasteiger partial charge in [0.25, 0.3) is 0 Å². The molecule has 0 unspecified atom stereocenters. The van der Waals surface area contributed by atoms with E-state index >= 15 is 0 Å². The normalized spacial score (nSPS) is 11.1. The summed E-state index contributed by atoms with van der Waals surface area (Å²) in [5.74, 6) is 0. The molecule has 3 N–H and O–H groups in total. The molecular formula is C11H13BrN2. The second kappa shape index (κ2) is 3.75. The predicted octanol–water partition coefficient (Wildman–Crippen LogP) is 2.74. The molecule has 14 heavy (non-hydrogen) atoms. The summed E-state index contributed by atoms with van der Waals surface area (Å²) in [6, 6.07) is 4.31. The number of aromatic amines is 1. The van der Waals surface area contributed by atoms with Crippen molar-refractivity contribution in [1.29, 1.82) is 0 Å². The summed E-state index contributed by atoms with van der Waals surface area (Å²) in [6.45, 7) is 2.79. The van der Waals surface area contributed by atoms with Crippen LogP contribution >= 0.6 is 15.9 Å². The van der Waals surface area contributed by atoms with Crippen molar-refractivity contribution in [1.82, 2.24) is 4.98 Å². The summed E-state index contributed by atoms with van der Waals surface area (Å²) >= 11 is 3.55. The highest BCUT2D eigenvalue weighted by Gasteiger charge is 2.06. The van der Waals surface area contributed by atoms with Gasteiger partial charge in [0.05, 0.1) is 5.52 Å². The van der Waals surface area contributed by atoms with Gasteiger partial charge >= 0.3 is 0 Å². The van der Waals surface area contributed by atoms with E-state index in [0.717, 1.165) is 10.9 Å². The van der Waals surface area contributed by atoms with Gasteiger partial charge in [-0.05, 0) is 59.1 Å². The summed E-state index contributed by atoms with van der Waals surface area (Å²) in [6.07, 6.45) is 2.97. The molecule has 0 saturated carbocycles. The Kier molecular flexibility index (Phi) is 2.61. The van der Waals surface area contributed by atoms with Crippen LogP contribution in [0, 0.1) is 6.92 Å². The van der Waals surface area contributed by atoms with Crippen molar-refractivity contribution in [3.63, 3.8) is 0 Å². The summed E-state index contributed by atoms with van der Waals surface area (Å²) in [7, 11) is 0. The lowest BCUT2D eigenvalue weighted by molar-refractivity contribution is 0.976. The number of hydrogen-bond acceptors (Lipinski definition) is 1. The smallest absolute Gasteiger partial charge is 0.0601 e. The Morgan fingerprint density at radius 2 is 2.21 bits per heavy atom. The van der Waals surface area contributed by atoms with E-state index in [1.54, 1.807) is 0 Å². The summed E-state index contributed by atoms with van der Waals surface area (Å²) in [4.78, 5) is 3.27. The predicted molar refractivity (Wildman–Crippen MR) is 63.5 cm³/mol. The van der Waals surface area contributed by atoms with Gasteiger partial charge in [-0.3, -0.25) is 0 Å². The van der Waals surface area contributed by atoms with Gasteiger partial charge in [-0.1, -0.05) is 0 Å². The zero-order valence-electron chi connectivity index (χ0n) is 8.10. The minimum Gasteiger partial charge on any atom is -0.360 e. The topological polar surface area (TPSA) is 41.8 Å². The second-order valence-electron chi connectivity index (χ2n) is 3.52. The Hall–Kier alpha value is -0.800. The third kappa shape index (κ3) is 1.57. The standard InChI is InChI=1S/C11H13BrN2/c1-7-4-9-8(2-3-13)6-14-11(9)10(12)5-7/h4-6,14H,2-3,13H2,1H3. The van der Waals surface area contributed by atoms with E-state index in [1.807, 2.05) is 6.20 Å². The maximum Gasteiger partial charge on any atom is 0.0601 e. The number of hydrogen-bond donors (Lipinski definition) is 2. The number of aryl methyl sites for hydroxylation is 1. The summed E-state index contributed by atoms with van der Waals surface area (Å²) in [5.41, 5.74) is 9.29. The van der Waals surface area contributed by atoms with Gasteiger partial charge < -0.3 is 10.7 Å². The van der Waals surface area contributed by atoms with Gasteiger partial charge in [0.1, 0.15) is 0 Å². The Labute approximate surface area is 91.6 Å². The maximum absolute atomic E-state index is 5.56. The molecule has 0 fully saturated rings. The molecule has 1 heterocycles. The average molecular weight is 253 g/mol. The van der Waals surface area contributed by atoms with Crippen LogP contribution in [-0.4, -0.2) is 11.5 Å². The lowest BCUT2D eigenvalue weighted by Gasteiger charge is -2.00. The van der Waals surface area contributed by atoms with Crippen LogP contribution in [-0.2, 0) is 6.42 Å². The van der Waals surface area contributed by atoms with Crippen LogP contribution < -0.4 is 5.73 Å². The monoisotopic (exact) mass is 252 g/mol. The first-order valence-corrected chi connectivity index (χ1v) is 5.48. The first-order valence-electron chi connectivity index (χ1n) is 4.68. The number of nitrogens with two attached hydrogens (primary N) is 1. The van der Waals surface area contributed by atoms with Gasteiger partial charge in [-0.15, -0.1) is 0 Å². The molecule has 0 saturated heterocycles. The number of nitrogens with one attached hydrogen (secondary N) is 1. The van der Waals surface area contributed by atoms with Gasteiger partial charge in [0, 0.05) is 16.1 Å². The number of rotatable bonds is 2. The van der Waals surface area contributed by atoms with E-state index in [2.05, 4.69) is 40.0 Å². The molecule has 0 aliphatic rings. The minimum absolute atomic E-state index is 0.693. The van der Waals surface area contributed by atoms with Crippen molar-refractivity contribution >= 4 is 26.8 Å². The van der Waals surface area contributed by atoms with Crippen LogP contribution in [0.3, 0.4) is 0 Å². The first kappa shape index (κ1) is 9.74. The fourth-order valence-electron chi connectivity index (χ4n) is 1.74. The molecule has 74 valence electrons. The molecule has 3 heteroatoms. The van der Waals surface area contributed by atoms with E-state index in [9.17, 15) is 0 Å². The molecule has 1 aromatic heterocycles. The third-order valence-corrected chi connectivity index (χ3v) is 3.01. The second-order valence-corrected chi connectivity index (χ2v) is 4.38. The van der Waals surface area contributed by atoms with Crippen molar-refractivity contribution < 1.29 is 0 Å². The number of benzene rings is 1. The fourth-order valence-corrected chi connectivity index (χ4v) is 2.43. The zero-order chi connectivity index (χ0) is 10.1. The lowest BCUT2D eigenvalue weighted by atomic mass is 10.1. The third-order valence-electron chi connectivity index (χ3n) is 2.38. The molecule has 0 aliphatic heterocycles. The zero-order valence-corrected chi connectivity index (χ0v) is 9.69. The van der Waals surface area contributed by atoms with Crippen molar-refractivity contribution in [2.24, 2.45) is 5.73 Å². The molecule has 2 nitrogen and oxygen atoms in total. The number of halogens is 1. The molecule has 0 radical (unpaired) electrons. The molecule has 0 atom stereocenters. The Bertz CT molecular complexity index is 460. The van der Waals surface area contributed by atoms with Crippen molar-refractivity contribution in [3.8, 4) is 0 Å². The number of aromatic nitrogens is 1. The molecule has 1 aromatic carbocycles. The van der Waals surface area contributed by atoms with E-state index in [4.69, 9.17) is 5.73 Å². The van der Waals surface area contributed by atoms with E-state index < -0.39 is 0 Å². The van der Waals surface area contributed by atoms with Gasteiger partial charge in [-0.2, -0.15) is 0 Å². The molecule has 0 amide bonds. The quantitative estimate of drug-likeness (QED) is 0.848. The van der Waals surface area contributed by atoms with Crippen LogP contribution in [0.2, 0.25) is 0 Å². The van der Waals surface area contributed by atoms with Crippen LogP contribution in [0.5, 0.6) is 0 Å². The molecule has 2 aromatic rings. The summed E-state index contributed by atoms with van der Waals surface area (Å²) in [5, 5.41) is 1.28. The van der Waals surface area contributed by atoms with Gasteiger partial charge in [0.15, 0.2) is 0 Å². The Morgan fingerprint density at radius 3 is 2.93 bits per heavy atom. The van der Waals surface area contributed by atoms with Crippen LogP contribution in [0.15, 0.2) is 22.8 Å². The minimum atomic E-state index is 0.693. The van der Waals surface area contributed by atoms with Crippen molar-refractivity contribution in [2.75, 3.05) is 6.54 Å². The molecular weight excluding hydrogens is 240 g/mol. The summed E-state index contributed by atoms with van der Waals surface area (Å²) < 4.78 is 1.12. The largest absolute Gasteiger partial charge is 0.360 e. The Morgan fingerprint density at radius 1 is 1.43 bits per heavy atom. The highest BCUT2D eigenvalue weighted by molar-refractivity contribution is 9.10. The highest BCUT2D eigenvalue weighted by atomic mass is 79.9. The molecule has 0 bridgehead atoms. The SMILES string of the molecule is Cc1cc(Br)c2[nH]cc(CCN)c2c1. The van der Waals surface area contributed by atoms with Crippen LogP contribution in [0.25, 0.3) is 10.9 Å². The maximum atomic E-state index is 5.56. The number of fused-ring (bicyclic) bond motifs is 1. The molecule has 2 rings (SSSR count). The lowest BCUT2D eigenvalue weighted by Crippen LogP contribution is -2.01. The van der Waals surface area contributed by atoms with Gasteiger partial charge in [-0.25, -0.2) is 0 Å². The van der Waals surface area contributed by atoms with Crippen LogP contribution in [0.4, 0.5) is 0 Å². The fraction of sp³-hybridized carbons (Fsp3) is 0.273. The molecule has 0 aliphatic carbocycles. The van der Waals surface area contributed by atoms with Crippen LogP contribution in [0.1, 0.15) is 11.1 Å².